The van der Waals surface area contributed by atoms with Crippen LogP contribution in [0.1, 0.15) is 25.5 Å². The van der Waals surface area contributed by atoms with E-state index < -0.39 is 17.1 Å². The molecule has 1 fully saturated rings. The minimum Gasteiger partial charge on any atom is -0.470 e. The number of aromatic nitrogens is 4. The fourth-order valence-electron chi connectivity index (χ4n) is 2.92. The SMILES string of the molecule is CCc1ncnc(OC2CCN(C(=O)CCn3ccc(=O)[nH]c3=O)C2)c1F. The van der Waals surface area contributed by atoms with Crippen LogP contribution in [0.5, 0.6) is 5.88 Å². The van der Waals surface area contributed by atoms with E-state index in [9.17, 15) is 18.8 Å². The zero-order chi connectivity index (χ0) is 19.4. The van der Waals surface area contributed by atoms with Crippen LogP contribution in [0, 0.1) is 5.82 Å². The molecule has 2 aromatic heterocycles. The number of hydrogen-bond acceptors (Lipinski definition) is 6. The number of aryl methyl sites for hydroxylation is 2. The van der Waals surface area contributed by atoms with Crippen LogP contribution in [0.25, 0.3) is 0 Å². The third kappa shape index (κ3) is 4.39. The molecule has 0 aliphatic carbocycles. The van der Waals surface area contributed by atoms with Gasteiger partial charge in [0.25, 0.3) is 11.4 Å². The summed E-state index contributed by atoms with van der Waals surface area (Å²) >= 11 is 0. The largest absolute Gasteiger partial charge is 0.470 e. The van der Waals surface area contributed by atoms with Crippen LogP contribution in [0.2, 0.25) is 0 Å². The average Bonchev–Trinajstić information content (AvgIpc) is 3.11. The van der Waals surface area contributed by atoms with E-state index in [1.54, 1.807) is 11.8 Å². The maximum absolute atomic E-state index is 14.2. The zero-order valence-corrected chi connectivity index (χ0v) is 14.9. The van der Waals surface area contributed by atoms with Crippen molar-refractivity contribution >= 4 is 5.91 Å². The van der Waals surface area contributed by atoms with Gasteiger partial charge in [-0.3, -0.25) is 14.6 Å². The Bertz CT molecular complexity index is 941. The number of rotatable bonds is 6. The highest BCUT2D eigenvalue weighted by atomic mass is 19.1. The van der Waals surface area contributed by atoms with Crippen molar-refractivity contribution in [3.05, 3.63) is 50.9 Å². The summed E-state index contributed by atoms with van der Waals surface area (Å²) in [5.74, 6) is -0.806. The molecule has 0 radical (unpaired) electrons. The van der Waals surface area contributed by atoms with Crippen LogP contribution >= 0.6 is 0 Å². The third-order valence-corrected chi connectivity index (χ3v) is 4.40. The molecule has 144 valence electrons. The highest BCUT2D eigenvalue weighted by Gasteiger charge is 2.28. The van der Waals surface area contributed by atoms with E-state index in [-0.39, 0.29) is 36.6 Å². The number of carbonyl (C=O) groups excluding carboxylic acids is 1. The van der Waals surface area contributed by atoms with Gasteiger partial charge in [-0.1, -0.05) is 6.92 Å². The number of ether oxygens (including phenoxy) is 1. The molecule has 3 heterocycles. The molecule has 1 aliphatic rings. The van der Waals surface area contributed by atoms with Crippen molar-refractivity contribution in [1.82, 2.24) is 24.4 Å². The fourth-order valence-corrected chi connectivity index (χ4v) is 2.92. The summed E-state index contributed by atoms with van der Waals surface area (Å²) in [6.07, 6.45) is 3.38. The maximum atomic E-state index is 14.2. The monoisotopic (exact) mass is 377 g/mol. The van der Waals surface area contributed by atoms with E-state index in [1.807, 2.05) is 0 Å². The Kier molecular flexibility index (Phi) is 5.63. The minimum absolute atomic E-state index is 0.0964. The minimum atomic E-state index is -0.567. The summed E-state index contributed by atoms with van der Waals surface area (Å²) in [6.45, 7) is 2.76. The number of amides is 1. The second-order valence-corrected chi connectivity index (χ2v) is 6.21. The van der Waals surface area contributed by atoms with E-state index in [0.29, 0.717) is 25.9 Å². The second kappa shape index (κ2) is 8.11. The molecule has 1 aliphatic heterocycles. The molecule has 1 atom stereocenters. The van der Waals surface area contributed by atoms with Gasteiger partial charge in [-0.05, 0) is 6.42 Å². The lowest BCUT2D eigenvalue weighted by atomic mass is 10.3. The summed E-state index contributed by atoms with van der Waals surface area (Å²) in [6, 6.07) is 1.23. The van der Waals surface area contributed by atoms with Crippen LogP contribution in [0.15, 0.2) is 28.2 Å². The molecule has 1 unspecified atom stereocenters. The van der Waals surface area contributed by atoms with Gasteiger partial charge in [-0.15, -0.1) is 0 Å². The Labute approximate surface area is 153 Å². The summed E-state index contributed by atoms with van der Waals surface area (Å²) in [7, 11) is 0. The van der Waals surface area contributed by atoms with Crippen LogP contribution in [-0.2, 0) is 17.8 Å². The molecule has 1 amide bonds. The van der Waals surface area contributed by atoms with E-state index >= 15 is 0 Å². The molecule has 27 heavy (non-hydrogen) atoms. The molecule has 2 aromatic rings. The van der Waals surface area contributed by atoms with Gasteiger partial charge < -0.3 is 14.2 Å². The first-order valence-electron chi connectivity index (χ1n) is 8.71. The number of nitrogens with zero attached hydrogens (tertiary/aromatic N) is 4. The van der Waals surface area contributed by atoms with Crippen LogP contribution in [0.3, 0.4) is 0 Å². The predicted octanol–water partition coefficient (Wildman–Crippen LogP) is 0.0981. The van der Waals surface area contributed by atoms with Crippen LogP contribution in [-0.4, -0.2) is 49.5 Å². The number of H-pyrrole nitrogens is 1. The number of nitrogens with one attached hydrogen (secondary N) is 1. The van der Waals surface area contributed by atoms with Gasteiger partial charge >= 0.3 is 5.69 Å². The Morgan fingerprint density at radius 3 is 2.96 bits per heavy atom. The van der Waals surface area contributed by atoms with Crippen molar-refractivity contribution in [3.63, 3.8) is 0 Å². The van der Waals surface area contributed by atoms with E-state index in [0.717, 1.165) is 0 Å². The van der Waals surface area contributed by atoms with Gasteiger partial charge in [0.2, 0.25) is 11.7 Å². The molecule has 9 nitrogen and oxygen atoms in total. The summed E-state index contributed by atoms with van der Waals surface area (Å²) in [5, 5.41) is 0. The van der Waals surface area contributed by atoms with E-state index in [4.69, 9.17) is 4.74 Å². The number of carbonyl (C=O) groups is 1. The highest BCUT2D eigenvalue weighted by Crippen LogP contribution is 2.21. The average molecular weight is 377 g/mol. The first kappa shape index (κ1) is 18.7. The molecule has 3 rings (SSSR count). The molecule has 0 spiro atoms. The van der Waals surface area contributed by atoms with Gasteiger partial charge in [0, 0.05) is 38.2 Å². The molecule has 1 saturated heterocycles. The first-order valence-corrected chi connectivity index (χ1v) is 8.71. The maximum Gasteiger partial charge on any atom is 0.328 e. The van der Waals surface area contributed by atoms with Gasteiger partial charge in [0.1, 0.15) is 12.4 Å². The Morgan fingerprint density at radius 1 is 1.41 bits per heavy atom. The lowest BCUT2D eigenvalue weighted by Gasteiger charge is -2.17. The Morgan fingerprint density at radius 2 is 2.22 bits per heavy atom. The molecule has 0 aromatic carbocycles. The Hall–Kier alpha value is -3.04. The van der Waals surface area contributed by atoms with Crippen molar-refractivity contribution < 1.29 is 13.9 Å². The van der Waals surface area contributed by atoms with Crippen molar-refractivity contribution in [2.24, 2.45) is 0 Å². The molecule has 1 N–H and O–H groups in total. The van der Waals surface area contributed by atoms with Crippen LogP contribution < -0.4 is 16.0 Å². The number of hydrogen-bond donors (Lipinski definition) is 1. The highest BCUT2D eigenvalue weighted by molar-refractivity contribution is 5.76. The molecular weight excluding hydrogens is 357 g/mol. The number of halogens is 1. The summed E-state index contributed by atoms with van der Waals surface area (Å²) in [5.41, 5.74) is -0.744. The van der Waals surface area contributed by atoms with Gasteiger partial charge in [0.05, 0.1) is 12.2 Å². The topological polar surface area (TPSA) is 110 Å². The van der Waals surface area contributed by atoms with Crippen molar-refractivity contribution in [2.75, 3.05) is 13.1 Å². The van der Waals surface area contributed by atoms with E-state index in [1.165, 1.54) is 23.2 Å². The van der Waals surface area contributed by atoms with E-state index in [2.05, 4.69) is 15.0 Å². The lowest BCUT2D eigenvalue weighted by Crippen LogP contribution is -2.34. The van der Waals surface area contributed by atoms with Crippen molar-refractivity contribution in [2.45, 2.75) is 38.8 Å². The molecule has 0 saturated carbocycles. The Balaban J connectivity index is 1.55. The number of likely N-dealkylation sites (tertiary alicyclic amines) is 1. The van der Waals surface area contributed by atoms with Gasteiger partial charge in [-0.25, -0.2) is 9.78 Å². The molecule has 10 heteroatoms. The molecular formula is C17H20FN5O4. The van der Waals surface area contributed by atoms with Gasteiger partial charge in [0.15, 0.2) is 0 Å². The standard InChI is InChI=1S/C17H20FN5O4/c1-2-12-15(18)16(20-10-19-12)27-11-3-6-23(9-11)14(25)5-8-22-7-4-13(24)21-17(22)26/h4,7,10-11H,2-3,5-6,8-9H2,1H3,(H,21,24,26). The summed E-state index contributed by atoms with van der Waals surface area (Å²) in [4.78, 5) is 46.5. The quantitative estimate of drug-likeness (QED) is 0.764. The zero-order valence-electron chi connectivity index (χ0n) is 14.9. The second-order valence-electron chi connectivity index (χ2n) is 6.21. The molecule has 0 bridgehead atoms. The van der Waals surface area contributed by atoms with Crippen molar-refractivity contribution in [3.8, 4) is 5.88 Å². The first-order chi connectivity index (χ1) is 13.0. The third-order valence-electron chi connectivity index (χ3n) is 4.40. The van der Waals surface area contributed by atoms with Crippen molar-refractivity contribution in [1.29, 1.82) is 0 Å². The fraction of sp³-hybridized carbons (Fsp3) is 0.471. The smallest absolute Gasteiger partial charge is 0.328 e. The summed E-state index contributed by atoms with van der Waals surface area (Å²) < 4.78 is 21.0. The normalized spacial score (nSPS) is 16.5. The van der Waals surface area contributed by atoms with Crippen LogP contribution in [0.4, 0.5) is 4.39 Å². The predicted molar refractivity (Wildman–Crippen MR) is 92.9 cm³/mol. The number of aromatic amines is 1. The van der Waals surface area contributed by atoms with Gasteiger partial charge in [-0.2, -0.15) is 9.37 Å². The lowest BCUT2D eigenvalue weighted by molar-refractivity contribution is -0.130.